The Labute approximate surface area is 102 Å². The number of rotatable bonds is 5. The number of esters is 2. The van der Waals surface area contributed by atoms with Crippen molar-refractivity contribution >= 4 is 11.9 Å². The van der Waals surface area contributed by atoms with E-state index in [1.165, 1.54) is 0 Å². The highest BCUT2D eigenvalue weighted by Gasteiger charge is 2.42. The lowest BCUT2D eigenvalue weighted by molar-refractivity contribution is -0.160. The second-order valence-corrected chi connectivity index (χ2v) is 5.52. The van der Waals surface area contributed by atoms with Gasteiger partial charge in [0, 0.05) is 0 Å². The Balaban J connectivity index is 1.62. The van der Waals surface area contributed by atoms with Gasteiger partial charge in [-0.05, 0) is 31.6 Å². The second-order valence-electron chi connectivity index (χ2n) is 5.52. The first kappa shape index (κ1) is 12.4. The molecule has 0 spiro atoms. The molecule has 0 radical (unpaired) electrons. The molecule has 5 atom stereocenters. The monoisotopic (exact) mass is 240 g/mol. The van der Waals surface area contributed by atoms with Crippen LogP contribution in [0.2, 0.25) is 0 Å². The van der Waals surface area contributed by atoms with Crippen molar-refractivity contribution in [1.82, 2.24) is 0 Å². The molecule has 5 unspecified atom stereocenters. The van der Waals surface area contributed by atoms with Gasteiger partial charge in [0.15, 0.2) is 0 Å². The van der Waals surface area contributed by atoms with Gasteiger partial charge in [-0.2, -0.15) is 0 Å². The highest BCUT2D eigenvalue weighted by molar-refractivity contribution is 5.76. The largest absolute Gasteiger partial charge is 0.462 e. The van der Waals surface area contributed by atoms with E-state index in [0.29, 0.717) is 11.8 Å². The third-order valence-electron chi connectivity index (χ3n) is 3.60. The van der Waals surface area contributed by atoms with Crippen LogP contribution in [0.3, 0.4) is 0 Å². The number of hydrogen-bond donors (Lipinski definition) is 0. The molecule has 0 saturated heterocycles. The summed E-state index contributed by atoms with van der Waals surface area (Å²) in [6, 6.07) is 0. The Morgan fingerprint density at radius 3 is 2.06 bits per heavy atom. The minimum atomic E-state index is -0.340. The van der Waals surface area contributed by atoms with E-state index in [1.54, 1.807) is 6.92 Å². The van der Waals surface area contributed by atoms with Crippen molar-refractivity contribution in [3.05, 3.63) is 0 Å². The maximum atomic E-state index is 11.5. The van der Waals surface area contributed by atoms with Crippen LogP contribution < -0.4 is 0 Å². The Bertz CT molecular complexity index is 325. The molecular formula is C13H20O4. The van der Waals surface area contributed by atoms with Crippen LogP contribution in [-0.2, 0) is 19.1 Å². The molecule has 0 heterocycles. The summed E-state index contributed by atoms with van der Waals surface area (Å²) in [6.07, 6.45) is 1.51. The zero-order chi connectivity index (χ0) is 12.6. The zero-order valence-electron chi connectivity index (χ0n) is 10.6. The highest BCUT2D eigenvalue weighted by Crippen LogP contribution is 2.39. The van der Waals surface area contributed by atoms with Crippen molar-refractivity contribution in [2.45, 2.75) is 39.7 Å². The van der Waals surface area contributed by atoms with E-state index in [1.807, 2.05) is 13.8 Å². The molecule has 2 fully saturated rings. The van der Waals surface area contributed by atoms with Gasteiger partial charge in [0.1, 0.15) is 12.7 Å². The lowest BCUT2D eigenvalue weighted by Crippen LogP contribution is -2.24. The van der Waals surface area contributed by atoms with E-state index in [0.717, 1.165) is 12.8 Å². The molecule has 2 aliphatic carbocycles. The molecule has 17 heavy (non-hydrogen) atoms. The molecule has 2 rings (SSSR count). The fraction of sp³-hybridized carbons (Fsp3) is 0.846. The normalized spacial score (nSPS) is 35.9. The van der Waals surface area contributed by atoms with Gasteiger partial charge in [0.2, 0.25) is 0 Å². The summed E-state index contributed by atoms with van der Waals surface area (Å²) in [5.74, 6) is 0.733. The molecule has 0 aromatic carbocycles. The number of carbonyl (C=O) groups is 2. The van der Waals surface area contributed by atoms with Crippen LogP contribution in [0.25, 0.3) is 0 Å². The lowest BCUT2D eigenvalue weighted by atomic mass is 10.3. The van der Waals surface area contributed by atoms with E-state index in [-0.39, 0.29) is 36.5 Å². The lowest BCUT2D eigenvalue weighted by Gasteiger charge is -2.13. The first-order valence-electron chi connectivity index (χ1n) is 6.36. The average Bonchev–Trinajstić information content (AvgIpc) is 3.14. The maximum absolute atomic E-state index is 11.5. The number of ether oxygens (including phenoxy) is 2. The molecule has 2 saturated carbocycles. The third kappa shape index (κ3) is 3.20. The smallest absolute Gasteiger partial charge is 0.309 e. The van der Waals surface area contributed by atoms with Gasteiger partial charge in [-0.25, -0.2) is 0 Å². The quantitative estimate of drug-likeness (QED) is 0.687. The van der Waals surface area contributed by atoms with Crippen molar-refractivity contribution in [1.29, 1.82) is 0 Å². The Morgan fingerprint density at radius 1 is 1.12 bits per heavy atom. The summed E-state index contributed by atoms with van der Waals surface area (Å²) in [7, 11) is 0. The van der Waals surface area contributed by atoms with Gasteiger partial charge in [0.25, 0.3) is 0 Å². The van der Waals surface area contributed by atoms with Gasteiger partial charge < -0.3 is 9.47 Å². The first-order valence-corrected chi connectivity index (χ1v) is 6.36. The van der Waals surface area contributed by atoms with E-state index in [2.05, 4.69) is 0 Å². The van der Waals surface area contributed by atoms with Gasteiger partial charge in [-0.15, -0.1) is 0 Å². The van der Waals surface area contributed by atoms with E-state index in [9.17, 15) is 9.59 Å². The molecule has 0 bridgehead atoms. The summed E-state index contributed by atoms with van der Waals surface area (Å²) < 4.78 is 10.3. The Morgan fingerprint density at radius 2 is 1.59 bits per heavy atom. The summed E-state index contributed by atoms with van der Waals surface area (Å²) in [4.78, 5) is 22.9. The SMILES string of the molecule is CC(COC(=O)C1CC1C)OC(=O)C1CC1C. The summed E-state index contributed by atoms with van der Waals surface area (Å²) in [6.45, 7) is 6.00. The third-order valence-corrected chi connectivity index (χ3v) is 3.60. The average molecular weight is 240 g/mol. The fourth-order valence-electron chi connectivity index (χ4n) is 1.93. The van der Waals surface area contributed by atoms with Gasteiger partial charge in [-0.1, -0.05) is 13.8 Å². The van der Waals surface area contributed by atoms with Crippen molar-refractivity contribution in [2.24, 2.45) is 23.7 Å². The molecular weight excluding hydrogens is 220 g/mol. The maximum Gasteiger partial charge on any atom is 0.309 e. The minimum absolute atomic E-state index is 0.0663. The van der Waals surface area contributed by atoms with Crippen LogP contribution in [0, 0.1) is 23.7 Å². The van der Waals surface area contributed by atoms with Crippen molar-refractivity contribution < 1.29 is 19.1 Å². The molecule has 0 aromatic rings. The highest BCUT2D eigenvalue weighted by atomic mass is 16.6. The van der Waals surface area contributed by atoms with Crippen LogP contribution in [0.5, 0.6) is 0 Å². The number of hydrogen-bond acceptors (Lipinski definition) is 4. The van der Waals surface area contributed by atoms with Gasteiger partial charge >= 0.3 is 11.9 Å². The van der Waals surface area contributed by atoms with E-state index < -0.39 is 0 Å². The number of carbonyl (C=O) groups excluding carboxylic acids is 2. The Kier molecular flexibility index (Phi) is 3.40. The molecule has 0 aliphatic heterocycles. The van der Waals surface area contributed by atoms with Crippen molar-refractivity contribution in [3.63, 3.8) is 0 Å². The summed E-state index contributed by atoms with van der Waals surface area (Å²) in [5, 5.41) is 0. The van der Waals surface area contributed by atoms with Crippen LogP contribution in [0.4, 0.5) is 0 Å². The van der Waals surface area contributed by atoms with Crippen LogP contribution in [0.15, 0.2) is 0 Å². The predicted molar refractivity (Wildman–Crippen MR) is 61.1 cm³/mol. The van der Waals surface area contributed by atoms with E-state index in [4.69, 9.17) is 9.47 Å². The molecule has 2 aliphatic rings. The van der Waals surface area contributed by atoms with Crippen LogP contribution in [-0.4, -0.2) is 24.6 Å². The molecule has 4 heteroatoms. The molecule has 0 aromatic heterocycles. The van der Waals surface area contributed by atoms with E-state index >= 15 is 0 Å². The van der Waals surface area contributed by atoms with Crippen LogP contribution in [0.1, 0.15) is 33.6 Å². The predicted octanol–water partition coefficient (Wildman–Crippen LogP) is 1.77. The molecule has 0 N–H and O–H groups in total. The first-order chi connectivity index (χ1) is 7.99. The second kappa shape index (κ2) is 4.67. The van der Waals surface area contributed by atoms with Crippen LogP contribution >= 0.6 is 0 Å². The van der Waals surface area contributed by atoms with Gasteiger partial charge in [-0.3, -0.25) is 9.59 Å². The Hall–Kier alpha value is -1.06. The standard InChI is InChI=1S/C13H20O4/c1-7-4-10(7)12(14)16-6-9(3)17-13(15)11-5-8(11)2/h7-11H,4-6H2,1-3H3. The summed E-state index contributed by atoms with van der Waals surface area (Å²) in [5.41, 5.74) is 0. The fourth-order valence-corrected chi connectivity index (χ4v) is 1.93. The zero-order valence-corrected chi connectivity index (χ0v) is 10.6. The van der Waals surface area contributed by atoms with Crippen molar-refractivity contribution in [3.8, 4) is 0 Å². The minimum Gasteiger partial charge on any atom is -0.462 e. The molecule has 4 nitrogen and oxygen atoms in total. The van der Waals surface area contributed by atoms with Crippen molar-refractivity contribution in [2.75, 3.05) is 6.61 Å². The van der Waals surface area contributed by atoms with Gasteiger partial charge in [0.05, 0.1) is 11.8 Å². The molecule has 0 amide bonds. The topological polar surface area (TPSA) is 52.6 Å². The molecule has 96 valence electrons. The summed E-state index contributed by atoms with van der Waals surface area (Å²) >= 11 is 0.